The van der Waals surface area contributed by atoms with Gasteiger partial charge in [-0.25, -0.2) is 0 Å². The molecule has 2 fully saturated rings. The Morgan fingerprint density at radius 2 is 2.26 bits per heavy atom. The fourth-order valence-electron chi connectivity index (χ4n) is 3.84. The summed E-state index contributed by atoms with van der Waals surface area (Å²) in [5, 5.41) is 13.5. The van der Waals surface area contributed by atoms with E-state index in [0.29, 0.717) is 11.6 Å². The third-order valence-corrected chi connectivity index (χ3v) is 5.28. The number of carbonyl (C=O) groups excluding carboxylic acids is 1. The molecule has 2 aliphatic rings. The van der Waals surface area contributed by atoms with Crippen LogP contribution in [0, 0.1) is 5.92 Å². The number of hydrogen-bond acceptors (Lipinski definition) is 4. The zero-order chi connectivity index (χ0) is 16.3. The number of piperidine rings is 1. The monoisotopic (exact) mass is 321 g/mol. The molecule has 6 heteroatoms. The van der Waals surface area contributed by atoms with Crippen LogP contribution >= 0.6 is 0 Å². The van der Waals surface area contributed by atoms with E-state index in [9.17, 15) is 4.79 Å². The van der Waals surface area contributed by atoms with E-state index in [1.165, 1.54) is 0 Å². The minimum atomic E-state index is -0.0857. The third-order valence-electron chi connectivity index (χ3n) is 5.28. The Balaban J connectivity index is 1.58. The van der Waals surface area contributed by atoms with Crippen molar-refractivity contribution in [1.29, 1.82) is 0 Å². The Morgan fingerprint density at radius 1 is 1.48 bits per heavy atom. The lowest BCUT2D eigenvalue weighted by molar-refractivity contribution is -0.125. The summed E-state index contributed by atoms with van der Waals surface area (Å²) in [7, 11) is 0. The number of rotatable bonds is 4. The number of aliphatic hydroxyl groups excluding tert-OH is 1. The summed E-state index contributed by atoms with van der Waals surface area (Å²) in [5.74, 6) is 0.575. The lowest BCUT2D eigenvalue weighted by Crippen LogP contribution is -2.51. The van der Waals surface area contributed by atoms with Crippen molar-refractivity contribution in [2.24, 2.45) is 5.92 Å². The highest BCUT2D eigenvalue weighted by Gasteiger charge is 2.41. The van der Waals surface area contributed by atoms with Crippen molar-refractivity contribution >= 4 is 5.91 Å². The maximum atomic E-state index is 12.5. The van der Waals surface area contributed by atoms with Crippen molar-refractivity contribution in [3.63, 3.8) is 0 Å². The molecule has 128 valence electrons. The van der Waals surface area contributed by atoms with Crippen molar-refractivity contribution in [2.45, 2.75) is 51.2 Å². The zero-order valence-corrected chi connectivity index (χ0v) is 13.9. The van der Waals surface area contributed by atoms with E-state index >= 15 is 0 Å². The molecule has 0 saturated carbocycles. The highest BCUT2D eigenvalue weighted by Crippen LogP contribution is 2.38. The second kappa shape index (κ2) is 7.01. The van der Waals surface area contributed by atoms with Crippen LogP contribution in [0.3, 0.4) is 0 Å². The number of aliphatic hydroxyl groups is 1. The van der Waals surface area contributed by atoms with Crippen LogP contribution in [-0.2, 0) is 11.3 Å². The second-order valence-corrected chi connectivity index (χ2v) is 6.75. The number of ether oxygens (including phenoxy) is 1. The number of carbonyl (C=O) groups is 1. The summed E-state index contributed by atoms with van der Waals surface area (Å²) in [4.78, 5) is 14.4. The molecule has 2 aliphatic heterocycles. The van der Waals surface area contributed by atoms with Gasteiger partial charge in [0.05, 0.1) is 5.60 Å². The van der Waals surface area contributed by atoms with Gasteiger partial charge in [-0.15, -0.1) is 0 Å². The van der Waals surface area contributed by atoms with Gasteiger partial charge in [-0.3, -0.25) is 9.48 Å². The number of hydrogen-bond donors (Lipinski definition) is 1. The van der Waals surface area contributed by atoms with E-state index in [1.54, 1.807) is 10.7 Å². The summed E-state index contributed by atoms with van der Waals surface area (Å²) < 4.78 is 7.88. The summed E-state index contributed by atoms with van der Waals surface area (Å²) in [6.07, 6.45) is 6.54. The van der Waals surface area contributed by atoms with Crippen molar-refractivity contribution < 1.29 is 14.6 Å². The SMILES string of the molecule is CCn1ccc(C(=O)N2CCC3(CC2)CC(CCO)CCO3)n1. The molecule has 3 rings (SSSR count). The smallest absolute Gasteiger partial charge is 0.274 e. The quantitative estimate of drug-likeness (QED) is 0.916. The van der Waals surface area contributed by atoms with Gasteiger partial charge in [0.25, 0.3) is 5.91 Å². The molecule has 0 aromatic carbocycles. The first-order chi connectivity index (χ1) is 11.2. The number of likely N-dealkylation sites (tertiary alicyclic amines) is 1. The fourth-order valence-corrected chi connectivity index (χ4v) is 3.84. The first-order valence-electron chi connectivity index (χ1n) is 8.73. The molecular weight excluding hydrogens is 294 g/mol. The lowest BCUT2D eigenvalue weighted by atomic mass is 9.78. The minimum Gasteiger partial charge on any atom is -0.396 e. The van der Waals surface area contributed by atoms with E-state index in [0.717, 1.165) is 58.3 Å². The van der Waals surface area contributed by atoms with E-state index in [-0.39, 0.29) is 18.1 Å². The Hall–Kier alpha value is -1.40. The maximum absolute atomic E-state index is 12.5. The van der Waals surface area contributed by atoms with E-state index in [2.05, 4.69) is 5.10 Å². The second-order valence-electron chi connectivity index (χ2n) is 6.75. The average Bonchev–Trinajstić information content (AvgIpc) is 3.05. The molecule has 23 heavy (non-hydrogen) atoms. The minimum absolute atomic E-state index is 0.0229. The maximum Gasteiger partial charge on any atom is 0.274 e. The molecule has 6 nitrogen and oxygen atoms in total. The topological polar surface area (TPSA) is 67.6 Å². The summed E-state index contributed by atoms with van der Waals surface area (Å²) in [6, 6.07) is 1.80. The largest absolute Gasteiger partial charge is 0.396 e. The molecule has 1 aromatic rings. The summed E-state index contributed by atoms with van der Waals surface area (Å²) in [6.45, 7) is 5.27. The predicted octanol–water partition coefficient (Wildman–Crippen LogP) is 1.69. The standard InChI is InChI=1S/C17H27N3O3/c1-2-20-8-3-15(18-20)16(22)19-9-6-17(7-10-19)13-14(4-11-21)5-12-23-17/h3,8,14,21H,2,4-7,9-13H2,1H3. The summed E-state index contributed by atoms with van der Waals surface area (Å²) >= 11 is 0. The first kappa shape index (κ1) is 16.5. The molecular formula is C17H27N3O3. The Bertz CT molecular complexity index is 533. The van der Waals surface area contributed by atoms with Gasteiger partial charge in [0.15, 0.2) is 0 Å². The van der Waals surface area contributed by atoms with Crippen molar-refractivity contribution in [3.05, 3.63) is 18.0 Å². The number of nitrogens with zero attached hydrogens (tertiary/aromatic N) is 3. The van der Waals surface area contributed by atoms with Gasteiger partial charge in [-0.1, -0.05) is 0 Å². The molecule has 3 heterocycles. The Morgan fingerprint density at radius 3 is 2.91 bits per heavy atom. The molecule has 2 saturated heterocycles. The number of amides is 1. The summed E-state index contributed by atoms with van der Waals surface area (Å²) in [5.41, 5.74) is 0.447. The highest BCUT2D eigenvalue weighted by atomic mass is 16.5. The molecule has 1 unspecified atom stereocenters. The van der Waals surface area contributed by atoms with Gasteiger partial charge in [0.1, 0.15) is 5.69 Å². The van der Waals surface area contributed by atoms with Gasteiger partial charge in [-0.2, -0.15) is 5.10 Å². The molecule has 1 N–H and O–H groups in total. The Labute approximate surface area is 137 Å². The molecule has 1 aromatic heterocycles. The molecule has 0 aliphatic carbocycles. The van der Waals surface area contributed by atoms with E-state index in [4.69, 9.17) is 9.84 Å². The molecule has 0 radical (unpaired) electrons. The predicted molar refractivity (Wildman–Crippen MR) is 86.1 cm³/mol. The van der Waals surface area contributed by atoms with Crippen molar-refractivity contribution in [3.8, 4) is 0 Å². The molecule has 1 spiro atoms. The van der Waals surface area contributed by atoms with Gasteiger partial charge >= 0.3 is 0 Å². The fraction of sp³-hybridized carbons (Fsp3) is 0.765. The van der Waals surface area contributed by atoms with Crippen LogP contribution in [-0.4, -0.2) is 57.6 Å². The number of aromatic nitrogens is 2. The van der Waals surface area contributed by atoms with Gasteiger partial charge in [-0.05, 0) is 51.0 Å². The normalized spacial score (nSPS) is 24.1. The van der Waals surface area contributed by atoms with Crippen LogP contribution in [0.1, 0.15) is 49.5 Å². The first-order valence-corrected chi connectivity index (χ1v) is 8.73. The lowest BCUT2D eigenvalue weighted by Gasteiger charge is -2.46. The van der Waals surface area contributed by atoms with Crippen LogP contribution in [0.4, 0.5) is 0 Å². The van der Waals surface area contributed by atoms with E-state index < -0.39 is 0 Å². The van der Waals surface area contributed by atoms with Crippen LogP contribution in [0.15, 0.2) is 12.3 Å². The Kier molecular flexibility index (Phi) is 5.02. The molecule has 1 amide bonds. The van der Waals surface area contributed by atoms with Crippen molar-refractivity contribution in [1.82, 2.24) is 14.7 Å². The average molecular weight is 321 g/mol. The highest BCUT2D eigenvalue weighted by molar-refractivity contribution is 5.92. The third kappa shape index (κ3) is 3.58. The molecule has 1 atom stereocenters. The van der Waals surface area contributed by atoms with Crippen LogP contribution in [0.5, 0.6) is 0 Å². The van der Waals surface area contributed by atoms with Crippen LogP contribution in [0.25, 0.3) is 0 Å². The van der Waals surface area contributed by atoms with Gasteiger partial charge in [0, 0.05) is 39.0 Å². The van der Waals surface area contributed by atoms with Gasteiger partial charge in [0.2, 0.25) is 0 Å². The van der Waals surface area contributed by atoms with Crippen molar-refractivity contribution in [2.75, 3.05) is 26.3 Å². The van der Waals surface area contributed by atoms with Crippen LogP contribution < -0.4 is 0 Å². The molecule has 0 bridgehead atoms. The number of aryl methyl sites for hydroxylation is 1. The van der Waals surface area contributed by atoms with E-state index in [1.807, 2.05) is 18.0 Å². The van der Waals surface area contributed by atoms with Crippen LogP contribution in [0.2, 0.25) is 0 Å². The van der Waals surface area contributed by atoms with Gasteiger partial charge < -0.3 is 14.7 Å². The zero-order valence-electron chi connectivity index (χ0n) is 13.9.